The van der Waals surface area contributed by atoms with Crippen LogP contribution in [-0.2, 0) is 9.53 Å². The average molecular weight is 541 g/mol. The number of phenols is 1. The molecule has 4 nitrogen and oxygen atoms in total. The maximum Gasteiger partial charge on any atom is 0.308 e. The Hall–Kier alpha value is -1.55. The Balaban J connectivity index is 0.000000142. The van der Waals surface area contributed by atoms with Crippen LogP contribution in [0, 0.1) is 59.2 Å². The number of fused-ring (bicyclic) bond motifs is 7. The fourth-order valence-corrected chi connectivity index (χ4v) is 8.92. The van der Waals surface area contributed by atoms with Crippen LogP contribution in [0.2, 0.25) is 0 Å². The van der Waals surface area contributed by atoms with Gasteiger partial charge in [-0.25, -0.2) is 0 Å². The Labute approximate surface area is 238 Å². The van der Waals surface area contributed by atoms with Gasteiger partial charge in [0.1, 0.15) is 11.9 Å². The van der Waals surface area contributed by atoms with Crippen molar-refractivity contribution in [2.75, 3.05) is 6.61 Å². The second-order valence-electron chi connectivity index (χ2n) is 13.9. The summed E-state index contributed by atoms with van der Waals surface area (Å²) in [7, 11) is 0. The second kappa shape index (κ2) is 13.4. The van der Waals surface area contributed by atoms with Crippen molar-refractivity contribution in [3.8, 4) is 5.75 Å². The van der Waals surface area contributed by atoms with E-state index < -0.39 is 0 Å². The minimum atomic E-state index is 0.0413. The maximum absolute atomic E-state index is 11.9. The average Bonchev–Trinajstić information content (AvgIpc) is 3.76. The minimum absolute atomic E-state index is 0.0413. The first kappa shape index (κ1) is 30.4. The molecule has 0 radical (unpaired) electrons. The highest BCUT2D eigenvalue weighted by atomic mass is 16.5. The smallest absolute Gasteiger partial charge is 0.308 e. The number of carbonyl (C=O) groups excluding carboxylic acids is 1. The van der Waals surface area contributed by atoms with Crippen molar-refractivity contribution < 1.29 is 19.7 Å². The zero-order chi connectivity index (χ0) is 28.3. The van der Waals surface area contributed by atoms with Crippen LogP contribution >= 0.6 is 0 Å². The third kappa shape index (κ3) is 6.68. The normalized spacial score (nSPS) is 38.7. The first-order chi connectivity index (χ1) is 18.7. The number of benzene rings is 1. The first-order valence-electron chi connectivity index (χ1n) is 16.3. The molecule has 0 amide bonds. The van der Waals surface area contributed by atoms with Gasteiger partial charge in [0.2, 0.25) is 0 Å². The molecule has 4 bridgehead atoms. The van der Waals surface area contributed by atoms with E-state index in [1.165, 1.54) is 44.1 Å². The fourth-order valence-electron chi connectivity index (χ4n) is 8.92. The van der Waals surface area contributed by atoms with Crippen LogP contribution < -0.4 is 0 Å². The highest BCUT2D eigenvalue weighted by Crippen LogP contribution is 2.59. The highest BCUT2D eigenvalue weighted by Gasteiger charge is 2.55. The molecule has 4 heteroatoms. The third-order valence-corrected chi connectivity index (χ3v) is 12.0. The number of esters is 1. The van der Waals surface area contributed by atoms with E-state index in [0.717, 1.165) is 60.7 Å². The molecule has 0 saturated heterocycles. The van der Waals surface area contributed by atoms with E-state index in [1.54, 1.807) is 12.1 Å². The molecule has 0 heterocycles. The van der Waals surface area contributed by atoms with E-state index in [2.05, 4.69) is 34.6 Å². The standard InChI is InChI=1S/C15H24O2.C10H18O.C10H14O/c1-3-9(2)15(16)17-14-8-10-7-13(14)12-6-4-5-11(10)12;1-6-7(2)10-4-8(6)3-9(10)5-11;1-3-8(2)9-4-6-10(11)7-5-9/h9-14H,3-8H2,1-2H3;6-11H,3-5H2,1-2H3;4-8,11H,3H2,1-2H3. The van der Waals surface area contributed by atoms with Crippen LogP contribution in [0.4, 0.5) is 0 Å². The van der Waals surface area contributed by atoms with Gasteiger partial charge in [-0.05, 0) is 128 Å². The quantitative estimate of drug-likeness (QED) is 0.357. The lowest BCUT2D eigenvalue weighted by Gasteiger charge is -2.31. The maximum atomic E-state index is 11.9. The molecular formula is C35H56O4. The SMILES string of the molecule is CC1C2CC(CO)C(C2)C1C.CCC(C)C(=O)OC1CC2CC1C1CCCC21.CCC(C)c1ccc(O)cc1. The molecule has 2 N–H and O–H groups in total. The van der Waals surface area contributed by atoms with Crippen molar-refractivity contribution >= 4 is 5.97 Å². The van der Waals surface area contributed by atoms with Gasteiger partial charge >= 0.3 is 5.97 Å². The molecule has 0 spiro atoms. The van der Waals surface area contributed by atoms with Crippen LogP contribution in [0.25, 0.3) is 0 Å². The van der Waals surface area contributed by atoms with Gasteiger partial charge < -0.3 is 14.9 Å². The molecule has 5 saturated carbocycles. The van der Waals surface area contributed by atoms with Crippen molar-refractivity contribution in [2.45, 2.75) is 111 Å². The molecule has 5 fully saturated rings. The number of carbonyl (C=O) groups is 1. The molecule has 1 aromatic carbocycles. The third-order valence-electron chi connectivity index (χ3n) is 12.0. The zero-order valence-electron chi connectivity index (χ0n) is 25.5. The number of hydrogen-bond acceptors (Lipinski definition) is 4. The molecule has 1 aromatic rings. The summed E-state index contributed by atoms with van der Waals surface area (Å²) in [4.78, 5) is 11.9. The second-order valence-corrected chi connectivity index (χ2v) is 13.9. The summed E-state index contributed by atoms with van der Waals surface area (Å²) < 4.78 is 5.77. The number of rotatable bonds is 6. The van der Waals surface area contributed by atoms with E-state index in [0.29, 0.717) is 30.1 Å². The molecule has 39 heavy (non-hydrogen) atoms. The number of hydrogen-bond donors (Lipinski definition) is 2. The number of aromatic hydroxyl groups is 1. The van der Waals surface area contributed by atoms with Crippen LogP contribution in [-0.4, -0.2) is 28.9 Å². The van der Waals surface area contributed by atoms with E-state index in [-0.39, 0.29) is 18.0 Å². The molecule has 0 aromatic heterocycles. The van der Waals surface area contributed by atoms with Gasteiger partial charge in [0, 0.05) is 6.61 Å². The predicted molar refractivity (Wildman–Crippen MR) is 158 cm³/mol. The van der Waals surface area contributed by atoms with Crippen LogP contribution in [0.1, 0.15) is 111 Å². The van der Waals surface area contributed by atoms with Crippen molar-refractivity contribution in [3.63, 3.8) is 0 Å². The van der Waals surface area contributed by atoms with Gasteiger partial charge in [0.15, 0.2) is 0 Å². The van der Waals surface area contributed by atoms with Gasteiger partial charge in [-0.3, -0.25) is 4.79 Å². The Morgan fingerprint density at radius 1 is 0.872 bits per heavy atom. The predicted octanol–water partition coefficient (Wildman–Crippen LogP) is 8.21. The molecule has 5 aliphatic carbocycles. The van der Waals surface area contributed by atoms with E-state index in [4.69, 9.17) is 14.9 Å². The van der Waals surface area contributed by atoms with E-state index >= 15 is 0 Å². The summed E-state index contributed by atoms with van der Waals surface area (Å²) in [5, 5.41) is 18.1. The van der Waals surface area contributed by atoms with Gasteiger partial charge in [0.05, 0.1) is 5.92 Å². The van der Waals surface area contributed by atoms with E-state index in [9.17, 15) is 4.79 Å². The first-order valence-corrected chi connectivity index (χ1v) is 16.3. The highest BCUT2D eigenvalue weighted by molar-refractivity contribution is 5.72. The number of aliphatic hydroxyl groups is 1. The molecule has 6 rings (SSSR count). The van der Waals surface area contributed by atoms with Crippen molar-refractivity contribution in [1.29, 1.82) is 0 Å². The van der Waals surface area contributed by atoms with Crippen molar-refractivity contribution in [3.05, 3.63) is 29.8 Å². The Morgan fingerprint density at radius 3 is 2.13 bits per heavy atom. The molecule has 220 valence electrons. The molecule has 12 unspecified atom stereocenters. The number of ether oxygens (including phenoxy) is 1. The lowest BCUT2D eigenvalue weighted by Crippen LogP contribution is -2.33. The topological polar surface area (TPSA) is 66.8 Å². The summed E-state index contributed by atoms with van der Waals surface area (Å²) in [6.07, 6.45) is 11.7. The Morgan fingerprint density at radius 2 is 1.54 bits per heavy atom. The fraction of sp³-hybridized carbons (Fsp3) is 0.800. The van der Waals surface area contributed by atoms with Gasteiger partial charge in [-0.1, -0.05) is 60.1 Å². The largest absolute Gasteiger partial charge is 0.508 e. The lowest BCUT2D eigenvalue weighted by atomic mass is 9.76. The zero-order valence-corrected chi connectivity index (χ0v) is 25.5. The molecule has 5 aliphatic rings. The molecule has 0 aliphatic heterocycles. The summed E-state index contributed by atoms with van der Waals surface area (Å²) in [5.41, 5.74) is 1.30. The Kier molecular flexibility index (Phi) is 10.5. The van der Waals surface area contributed by atoms with Crippen LogP contribution in [0.5, 0.6) is 5.75 Å². The van der Waals surface area contributed by atoms with Gasteiger partial charge in [0.25, 0.3) is 0 Å². The van der Waals surface area contributed by atoms with Crippen LogP contribution in [0.3, 0.4) is 0 Å². The molecular weight excluding hydrogens is 484 g/mol. The lowest BCUT2D eigenvalue weighted by molar-refractivity contribution is -0.157. The Bertz CT molecular complexity index is 906. The number of phenolic OH excluding ortho intramolecular Hbond substituents is 1. The van der Waals surface area contributed by atoms with Crippen molar-refractivity contribution in [2.24, 2.45) is 59.2 Å². The van der Waals surface area contributed by atoms with E-state index in [1.807, 2.05) is 19.1 Å². The summed E-state index contributed by atoms with van der Waals surface area (Å²) in [5.74, 6) is 8.73. The molecule has 12 atom stereocenters. The summed E-state index contributed by atoms with van der Waals surface area (Å²) >= 11 is 0. The number of aliphatic hydroxyl groups excluding tert-OH is 1. The van der Waals surface area contributed by atoms with Crippen molar-refractivity contribution in [1.82, 2.24) is 0 Å². The van der Waals surface area contributed by atoms with Crippen LogP contribution in [0.15, 0.2) is 24.3 Å². The summed E-state index contributed by atoms with van der Waals surface area (Å²) in [6.45, 7) is 13.6. The van der Waals surface area contributed by atoms with Gasteiger partial charge in [-0.2, -0.15) is 0 Å². The monoisotopic (exact) mass is 540 g/mol. The minimum Gasteiger partial charge on any atom is -0.508 e. The summed E-state index contributed by atoms with van der Waals surface area (Å²) in [6, 6.07) is 7.43. The van der Waals surface area contributed by atoms with Gasteiger partial charge in [-0.15, -0.1) is 0 Å².